The lowest BCUT2D eigenvalue weighted by Crippen LogP contribution is -2.38. The van der Waals surface area contributed by atoms with Crippen molar-refractivity contribution >= 4 is 30.8 Å². The van der Waals surface area contributed by atoms with Crippen LogP contribution in [0, 0.1) is 0 Å². The predicted molar refractivity (Wildman–Crippen MR) is 66.0 cm³/mol. The van der Waals surface area contributed by atoms with Crippen LogP contribution in [0.1, 0.15) is 12.8 Å². The molecule has 2 rings (SSSR count). The molecule has 1 aliphatic rings. The van der Waals surface area contributed by atoms with E-state index >= 15 is 0 Å². The van der Waals surface area contributed by atoms with Gasteiger partial charge in [-0.15, -0.1) is 24.8 Å². The van der Waals surface area contributed by atoms with Crippen LogP contribution in [0.3, 0.4) is 0 Å². The molecule has 1 aromatic heterocycles. The molecule has 0 bridgehead atoms. The van der Waals surface area contributed by atoms with Gasteiger partial charge >= 0.3 is 0 Å². The van der Waals surface area contributed by atoms with E-state index < -0.39 is 0 Å². The highest BCUT2D eigenvalue weighted by atomic mass is 35.5. The first kappa shape index (κ1) is 14.4. The highest BCUT2D eigenvalue weighted by Gasteiger charge is 2.12. The zero-order valence-electron chi connectivity index (χ0n) is 8.35. The van der Waals surface area contributed by atoms with Crippen molar-refractivity contribution in [1.29, 1.82) is 0 Å². The molecule has 1 saturated heterocycles. The van der Waals surface area contributed by atoms with Crippen molar-refractivity contribution < 1.29 is 0 Å². The Kier molecular flexibility index (Phi) is 7.38. The molecule has 15 heavy (non-hydrogen) atoms. The quantitative estimate of drug-likeness (QED) is 0.836. The molecule has 4 nitrogen and oxygen atoms in total. The number of rotatable bonds is 2. The van der Waals surface area contributed by atoms with Gasteiger partial charge in [-0.3, -0.25) is 0 Å². The molecule has 2 heterocycles. The highest BCUT2D eigenvalue weighted by Crippen LogP contribution is 2.06. The summed E-state index contributed by atoms with van der Waals surface area (Å²) in [5.74, 6) is 0.733. The Balaban J connectivity index is 0.000000980. The maximum atomic E-state index is 4.12. The first-order valence-electron chi connectivity index (χ1n) is 4.69. The van der Waals surface area contributed by atoms with Gasteiger partial charge in [0.1, 0.15) is 0 Å². The van der Waals surface area contributed by atoms with Gasteiger partial charge in [-0.2, -0.15) is 0 Å². The van der Waals surface area contributed by atoms with Crippen molar-refractivity contribution in [2.24, 2.45) is 0 Å². The van der Waals surface area contributed by atoms with E-state index in [4.69, 9.17) is 0 Å². The Labute approximate surface area is 102 Å². The van der Waals surface area contributed by atoms with Crippen molar-refractivity contribution in [2.75, 3.05) is 18.4 Å². The third-order valence-electron chi connectivity index (χ3n) is 2.20. The number of anilines is 1. The molecule has 2 N–H and O–H groups in total. The lowest BCUT2D eigenvalue weighted by atomic mass is 10.1. The Hall–Kier alpha value is -0.580. The Bertz CT molecular complexity index is 252. The number of nitrogens with zero attached hydrogens (tertiary/aromatic N) is 2. The SMILES string of the molecule is Cl.Cl.c1cnc(NC2CCCNC2)nc1. The molecule has 0 amide bonds. The minimum absolute atomic E-state index is 0. The highest BCUT2D eigenvalue weighted by molar-refractivity contribution is 5.85. The van der Waals surface area contributed by atoms with Gasteiger partial charge in [0.25, 0.3) is 0 Å². The number of hydrogen-bond acceptors (Lipinski definition) is 4. The fraction of sp³-hybridized carbons (Fsp3) is 0.556. The number of aromatic nitrogens is 2. The normalized spacial score (nSPS) is 19.6. The van der Waals surface area contributed by atoms with E-state index in [-0.39, 0.29) is 24.8 Å². The molecule has 1 aliphatic heterocycles. The molecule has 1 aromatic rings. The van der Waals surface area contributed by atoms with Crippen LogP contribution < -0.4 is 10.6 Å². The lowest BCUT2D eigenvalue weighted by Gasteiger charge is -2.23. The second-order valence-corrected chi connectivity index (χ2v) is 3.26. The number of halogens is 2. The molecule has 1 atom stereocenters. The van der Waals surface area contributed by atoms with E-state index in [1.54, 1.807) is 12.4 Å². The summed E-state index contributed by atoms with van der Waals surface area (Å²) in [6.45, 7) is 2.14. The third-order valence-corrected chi connectivity index (χ3v) is 2.20. The summed E-state index contributed by atoms with van der Waals surface area (Å²) >= 11 is 0. The molecule has 0 aliphatic carbocycles. The van der Waals surface area contributed by atoms with E-state index in [2.05, 4.69) is 20.6 Å². The van der Waals surface area contributed by atoms with Crippen molar-refractivity contribution in [2.45, 2.75) is 18.9 Å². The van der Waals surface area contributed by atoms with E-state index in [9.17, 15) is 0 Å². The molecule has 1 fully saturated rings. The number of piperidine rings is 1. The number of hydrogen-bond donors (Lipinski definition) is 2. The molecule has 6 heteroatoms. The van der Waals surface area contributed by atoms with Crippen LogP contribution >= 0.6 is 24.8 Å². The molecule has 1 unspecified atom stereocenters. The Morgan fingerprint density at radius 1 is 1.27 bits per heavy atom. The van der Waals surface area contributed by atoms with Crippen LogP contribution in [-0.4, -0.2) is 29.1 Å². The topological polar surface area (TPSA) is 49.8 Å². The van der Waals surface area contributed by atoms with Crippen LogP contribution in [-0.2, 0) is 0 Å². The van der Waals surface area contributed by atoms with E-state index in [1.807, 2.05) is 6.07 Å². The monoisotopic (exact) mass is 250 g/mol. The zero-order valence-corrected chi connectivity index (χ0v) is 9.98. The van der Waals surface area contributed by atoms with E-state index in [1.165, 1.54) is 12.8 Å². The van der Waals surface area contributed by atoms with Gasteiger partial charge in [0.05, 0.1) is 0 Å². The average Bonchev–Trinajstić information content (AvgIpc) is 2.21. The first-order valence-corrected chi connectivity index (χ1v) is 4.69. The fourth-order valence-electron chi connectivity index (χ4n) is 1.53. The maximum absolute atomic E-state index is 4.12. The van der Waals surface area contributed by atoms with Crippen molar-refractivity contribution in [3.05, 3.63) is 18.5 Å². The van der Waals surface area contributed by atoms with Crippen LogP contribution in [0.15, 0.2) is 18.5 Å². The average molecular weight is 251 g/mol. The molecule has 0 spiro atoms. The molecular formula is C9H16Cl2N4. The van der Waals surface area contributed by atoms with Crippen molar-refractivity contribution in [1.82, 2.24) is 15.3 Å². The van der Waals surface area contributed by atoms with Crippen molar-refractivity contribution in [3.63, 3.8) is 0 Å². The summed E-state index contributed by atoms with van der Waals surface area (Å²) < 4.78 is 0. The summed E-state index contributed by atoms with van der Waals surface area (Å²) in [5, 5.41) is 6.63. The van der Waals surface area contributed by atoms with Crippen LogP contribution in [0.5, 0.6) is 0 Å². The van der Waals surface area contributed by atoms with Gasteiger partial charge in [0.15, 0.2) is 0 Å². The predicted octanol–water partition coefficient (Wildman–Crippen LogP) is 1.48. The summed E-state index contributed by atoms with van der Waals surface area (Å²) in [7, 11) is 0. The van der Waals surface area contributed by atoms with Crippen molar-refractivity contribution in [3.8, 4) is 0 Å². The second-order valence-electron chi connectivity index (χ2n) is 3.26. The van der Waals surface area contributed by atoms with Gasteiger partial charge < -0.3 is 10.6 Å². The van der Waals surface area contributed by atoms with E-state index in [0.717, 1.165) is 19.0 Å². The minimum Gasteiger partial charge on any atom is -0.350 e. The molecule has 0 aromatic carbocycles. The van der Waals surface area contributed by atoms with Gasteiger partial charge in [-0.05, 0) is 25.5 Å². The standard InChI is InChI=1S/C9H14N4.2ClH/c1-3-8(7-10-4-1)13-9-11-5-2-6-12-9;;/h2,5-6,8,10H,1,3-4,7H2,(H,11,12,13);2*1H. The minimum atomic E-state index is 0. The summed E-state index contributed by atoms with van der Waals surface area (Å²) in [4.78, 5) is 8.25. The van der Waals surface area contributed by atoms with Gasteiger partial charge in [-0.1, -0.05) is 0 Å². The number of nitrogens with one attached hydrogen (secondary N) is 2. The van der Waals surface area contributed by atoms with Crippen LogP contribution in [0.25, 0.3) is 0 Å². The van der Waals surface area contributed by atoms with Gasteiger partial charge in [-0.25, -0.2) is 9.97 Å². The second kappa shape index (κ2) is 7.68. The lowest BCUT2D eigenvalue weighted by molar-refractivity contribution is 0.478. The molecule has 0 radical (unpaired) electrons. The van der Waals surface area contributed by atoms with Gasteiger partial charge in [0.2, 0.25) is 5.95 Å². The molecule has 0 saturated carbocycles. The Morgan fingerprint density at radius 3 is 2.60 bits per heavy atom. The van der Waals surface area contributed by atoms with E-state index in [0.29, 0.717) is 6.04 Å². The summed E-state index contributed by atoms with van der Waals surface area (Å²) in [6, 6.07) is 2.31. The maximum Gasteiger partial charge on any atom is 0.222 e. The van der Waals surface area contributed by atoms with Crippen LogP contribution in [0.2, 0.25) is 0 Å². The smallest absolute Gasteiger partial charge is 0.222 e. The summed E-state index contributed by atoms with van der Waals surface area (Å²) in [6.07, 6.45) is 5.94. The van der Waals surface area contributed by atoms with Crippen LogP contribution in [0.4, 0.5) is 5.95 Å². The molecular weight excluding hydrogens is 235 g/mol. The fourth-order valence-corrected chi connectivity index (χ4v) is 1.53. The third kappa shape index (κ3) is 4.64. The van der Waals surface area contributed by atoms with Gasteiger partial charge in [0, 0.05) is 25.0 Å². The first-order chi connectivity index (χ1) is 6.45. The summed E-state index contributed by atoms with van der Waals surface area (Å²) in [5.41, 5.74) is 0. The largest absolute Gasteiger partial charge is 0.350 e. The molecule has 86 valence electrons. The Morgan fingerprint density at radius 2 is 2.00 bits per heavy atom. The zero-order chi connectivity index (χ0) is 8.93.